The maximum atomic E-state index is 13.3. The van der Waals surface area contributed by atoms with E-state index in [4.69, 9.17) is 0 Å². The first-order valence-electron chi connectivity index (χ1n) is 8.83. The summed E-state index contributed by atoms with van der Waals surface area (Å²) in [6, 6.07) is 14.8. The van der Waals surface area contributed by atoms with Gasteiger partial charge >= 0.3 is 0 Å². The molecule has 1 aromatic heterocycles. The highest BCUT2D eigenvalue weighted by Crippen LogP contribution is 2.29. The van der Waals surface area contributed by atoms with Crippen molar-refractivity contribution in [3.05, 3.63) is 59.9 Å². The average Bonchev–Trinajstić information content (AvgIpc) is 3.01. The van der Waals surface area contributed by atoms with Gasteiger partial charge in [0.25, 0.3) is 0 Å². The first-order valence-corrected chi connectivity index (χ1v) is 9.98. The van der Waals surface area contributed by atoms with Gasteiger partial charge < -0.3 is 9.47 Å². The molecule has 1 amide bonds. The number of thioether (sulfide) groups is 1. The molecule has 0 N–H and O–H groups in total. The molecule has 0 bridgehead atoms. The molecular weight excluding hydrogens is 347 g/mol. The summed E-state index contributed by atoms with van der Waals surface area (Å²) in [7, 11) is 0. The van der Waals surface area contributed by atoms with Crippen LogP contribution < -0.4 is 0 Å². The highest BCUT2D eigenvalue weighted by molar-refractivity contribution is 7.99. The fraction of sp³-hybridized carbons (Fsp3) is 0.286. The van der Waals surface area contributed by atoms with E-state index in [1.165, 1.54) is 12.1 Å². The van der Waals surface area contributed by atoms with Crippen molar-refractivity contribution in [2.75, 3.05) is 24.6 Å². The molecule has 2 aromatic carbocycles. The van der Waals surface area contributed by atoms with Crippen LogP contribution in [0.25, 0.3) is 22.2 Å². The topological polar surface area (TPSA) is 25.2 Å². The van der Waals surface area contributed by atoms with E-state index in [1.807, 2.05) is 16.7 Å². The van der Waals surface area contributed by atoms with Gasteiger partial charge in [0, 0.05) is 41.2 Å². The molecule has 2 heterocycles. The van der Waals surface area contributed by atoms with Gasteiger partial charge in [0.1, 0.15) is 12.4 Å². The summed E-state index contributed by atoms with van der Waals surface area (Å²) in [6.07, 6.45) is 0. The first-order chi connectivity index (χ1) is 12.6. The van der Waals surface area contributed by atoms with E-state index >= 15 is 0 Å². The second-order valence-corrected chi connectivity index (χ2v) is 7.90. The summed E-state index contributed by atoms with van der Waals surface area (Å²) in [5.74, 6) is 1.89. The quantitative estimate of drug-likeness (QED) is 0.687. The lowest BCUT2D eigenvalue weighted by atomic mass is 10.1. The zero-order valence-corrected chi connectivity index (χ0v) is 15.6. The Bertz CT molecular complexity index is 943. The van der Waals surface area contributed by atoms with Crippen LogP contribution in [0.1, 0.15) is 5.56 Å². The number of halogens is 1. The number of aromatic nitrogens is 1. The van der Waals surface area contributed by atoms with Gasteiger partial charge in [0.15, 0.2) is 0 Å². The Kier molecular flexibility index (Phi) is 4.72. The minimum absolute atomic E-state index is 0.146. The molecule has 0 unspecified atom stereocenters. The van der Waals surface area contributed by atoms with Crippen molar-refractivity contribution < 1.29 is 9.18 Å². The Labute approximate surface area is 156 Å². The lowest BCUT2D eigenvalue weighted by Gasteiger charge is -2.27. The highest BCUT2D eigenvalue weighted by atomic mass is 32.2. The van der Waals surface area contributed by atoms with Crippen LogP contribution in [0.5, 0.6) is 0 Å². The number of aryl methyl sites for hydroxylation is 1. The van der Waals surface area contributed by atoms with Crippen LogP contribution >= 0.6 is 11.8 Å². The number of hydrogen-bond donors (Lipinski definition) is 0. The van der Waals surface area contributed by atoms with Gasteiger partial charge in [-0.15, -0.1) is 0 Å². The van der Waals surface area contributed by atoms with Gasteiger partial charge in [-0.05, 0) is 54.4 Å². The maximum absolute atomic E-state index is 13.3. The summed E-state index contributed by atoms with van der Waals surface area (Å²) in [4.78, 5) is 14.8. The molecular formula is C21H21FN2OS. The average molecular weight is 368 g/mol. The van der Waals surface area contributed by atoms with E-state index in [1.54, 1.807) is 12.1 Å². The Morgan fingerprint density at radius 2 is 1.81 bits per heavy atom. The number of amides is 1. The van der Waals surface area contributed by atoms with E-state index < -0.39 is 0 Å². The van der Waals surface area contributed by atoms with E-state index in [2.05, 4.69) is 35.8 Å². The van der Waals surface area contributed by atoms with Crippen molar-refractivity contribution in [1.29, 1.82) is 0 Å². The molecule has 4 rings (SSSR count). The number of carbonyl (C=O) groups excluding carboxylic acids is 1. The summed E-state index contributed by atoms with van der Waals surface area (Å²) in [6.45, 7) is 3.99. The van der Waals surface area contributed by atoms with Crippen molar-refractivity contribution in [3.63, 3.8) is 0 Å². The van der Waals surface area contributed by atoms with Crippen molar-refractivity contribution >= 4 is 28.6 Å². The van der Waals surface area contributed by atoms with Crippen LogP contribution in [0.15, 0.2) is 48.5 Å². The molecule has 0 radical (unpaired) electrons. The van der Waals surface area contributed by atoms with E-state index in [-0.39, 0.29) is 11.7 Å². The Hall–Kier alpha value is -2.27. The van der Waals surface area contributed by atoms with Gasteiger partial charge in [-0.25, -0.2) is 4.39 Å². The first kappa shape index (κ1) is 17.2. The normalized spacial score (nSPS) is 14.8. The Morgan fingerprint density at radius 1 is 1.08 bits per heavy atom. The Morgan fingerprint density at radius 3 is 2.54 bits per heavy atom. The molecule has 1 fully saturated rings. The fourth-order valence-corrected chi connectivity index (χ4v) is 4.35. The number of rotatable bonds is 3. The summed E-state index contributed by atoms with van der Waals surface area (Å²) in [5, 5.41) is 1.09. The highest BCUT2D eigenvalue weighted by Gasteiger charge is 2.20. The summed E-state index contributed by atoms with van der Waals surface area (Å²) < 4.78 is 15.4. The zero-order valence-electron chi connectivity index (χ0n) is 14.7. The third kappa shape index (κ3) is 3.36. The lowest BCUT2D eigenvalue weighted by Crippen LogP contribution is -2.39. The predicted octanol–water partition coefficient (Wildman–Crippen LogP) is 4.33. The van der Waals surface area contributed by atoms with Crippen LogP contribution in [0.2, 0.25) is 0 Å². The van der Waals surface area contributed by atoms with Crippen molar-refractivity contribution in [3.8, 4) is 11.3 Å². The summed E-state index contributed by atoms with van der Waals surface area (Å²) >= 11 is 1.89. The zero-order chi connectivity index (χ0) is 18.1. The molecule has 1 aliphatic heterocycles. The van der Waals surface area contributed by atoms with Gasteiger partial charge in [-0.2, -0.15) is 11.8 Å². The minimum Gasteiger partial charge on any atom is -0.339 e. The van der Waals surface area contributed by atoms with Crippen molar-refractivity contribution in [1.82, 2.24) is 9.47 Å². The Balaban J connectivity index is 1.77. The number of nitrogens with zero attached hydrogens (tertiary/aromatic N) is 2. The number of fused-ring (bicyclic) bond motifs is 1. The van der Waals surface area contributed by atoms with Gasteiger partial charge in [0.05, 0.1) is 0 Å². The molecule has 5 heteroatoms. The van der Waals surface area contributed by atoms with Crippen molar-refractivity contribution in [2.45, 2.75) is 13.5 Å². The predicted molar refractivity (Wildman–Crippen MR) is 106 cm³/mol. The monoisotopic (exact) mass is 368 g/mol. The van der Waals surface area contributed by atoms with Gasteiger partial charge in [0.2, 0.25) is 5.91 Å². The van der Waals surface area contributed by atoms with E-state index in [9.17, 15) is 9.18 Å². The molecule has 26 heavy (non-hydrogen) atoms. The van der Waals surface area contributed by atoms with E-state index in [0.717, 1.165) is 52.3 Å². The smallest absolute Gasteiger partial charge is 0.242 e. The van der Waals surface area contributed by atoms with Gasteiger partial charge in [-0.3, -0.25) is 4.79 Å². The summed E-state index contributed by atoms with van der Waals surface area (Å²) in [5.41, 5.74) is 4.07. The maximum Gasteiger partial charge on any atom is 0.242 e. The van der Waals surface area contributed by atoms with Crippen LogP contribution in [-0.4, -0.2) is 40.0 Å². The third-order valence-electron chi connectivity index (χ3n) is 4.86. The second kappa shape index (κ2) is 7.16. The van der Waals surface area contributed by atoms with E-state index in [0.29, 0.717) is 6.54 Å². The molecule has 0 aliphatic carbocycles. The molecule has 3 nitrogen and oxygen atoms in total. The fourth-order valence-electron chi connectivity index (χ4n) is 3.44. The molecule has 3 aromatic rings. The molecule has 1 saturated heterocycles. The van der Waals surface area contributed by atoms with Crippen LogP contribution in [-0.2, 0) is 11.3 Å². The van der Waals surface area contributed by atoms with Crippen LogP contribution in [0, 0.1) is 12.7 Å². The molecule has 0 saturated carbocycles. The molecule has 134 valence electrons. The molecule has 0 spiro atoms. The van der Waals surface area contributed by atoms with Crippen LogP contribution in [0.4, 0.5) is 4.39 Å². The number of hydrogen-bond acceptors (Lipinski definition) is 2. The second-order valence-electron chi connectivity index (χ2n) is 6.68. The minimum atomic E-state index is -0.255. The van der Waals surface area contributed by atoms with Gasteiger partial charge in [-0.1, -0.05) is 12.1 Å². The molecule has 0 atom stereocenters. The number of benzene rings is 2. The number of carbonyl (C=O) groups is 1. The third-order valence-corrected chi connectivity index (χ3v) is 5.80. The SMILES string of the molecule is Cc1ccc2cc(-c3ccc(F)cc3)n(CC(=O)N3CCSCC3)c2c1. The standard InChI is InChI=1S/C21H21FN2OS/c1-15-2-3-17-13-20(16-4-6-18(22)7-5-16)24(19(17)12-15)14-21(25)23-8-10-26-11-9-23/h2-7,12-13H,8-11,14H2,1H3. The lowest BCUT2D eigenvalue weighted by molar-refractivity contribution is -0.131. The largest absolute Gasteiger partial charge is 0.339 e. The molecule has 1 aliphatic rings. The van der Waals surface area contributed by atoms with Crippen molar-refractivity contribution in [2.24, 2.45) is 0 Å². The van der Waals surface area contributed by atoms with Crippen LogP contribution in [0.3, 0.4) is 0 Å².